The molecule has 6 heteroatoms. The first-order valence-electron chi connectivity index (χ1n) is 21.1. The fourth-order valence-electron chi connectivity index (χ4n) is 9.30. The Balaban J connectivity index is 1.12. The summed E-state index contributed by atoms with van der Waals surface area (Å²) in [5.74, 6) is 1.84. The van der Waals surface area contributed by atoms with Crippen molar-refractivity contribution >= 4 is 65.6 Å². The Morgan fingerprint density at radius 2 is 1.07 bits per heavy atom. The fourth-order valence-corrected chi connectivity index (χ4v) is 9.30. The van der Waals surface area contributed by atoms with Gasteiger partial charge in [0.05, 0.1) is 27.8 Å². The maximum absolute atomic E-state index is 6.97. The Bertz CT molecular complexity index is 3560. The van der Waals surface area contributed by atoms with Crippen LogP contribution in [0, 0.1) is 0 Å². The minimum absolute atomic E-state index is 0.595. The van der Waals surface area contributed by atoms with E-state index in [0.29, 0.717) is 17.5 Å². The van der Waals surface area contributed by atoms with E-state index >= 15 is 0 Å². The molecule has 0 amide bonds. The summed E-state index contributed by atoms with van der Waals surface area (Å²) >= 11 is 0. The summed E-state index contributed by atoms with van der Waals surface area (Å²) in [6, 6.07) is 64.2. The highest BCUT2D eigenvalue weighted by Gasteiger charge is 2.23. The number of para-hydroxylation sites is 3. The van der Waals surface area contributed by atoms with Gasteiger partial charge in [0.15, 0.2) is 23.1 Å². The lowest BCUT2D eigenvalue weighted by Gasteiger charge is -2.11. The van der Waals surface area contributed by atoms with E-state index in [9.17, 15) is 0 Å². The van der Waals surface area contributed by atoms with Gasteiger partial charge in [-0.2, -0.15) is 0 Å². The predicted molar refractivity (Wildman–Crippen MR) is 251 cm³/mol. The number of hydrogen-bond acceptors (Lipinski definition) is 4. The molecule has 0 unspecified atom stereocenters. The lowest BCUT2D eigenvalue weighted by Crippen LogP contribution is -2.00. The molecule has 0 aliphatic carbocycles. The molecule has 0 saturated heterocycles. The van der Waals surface area contributed by atoms with Crippen molar-refractivity contribution in [1.29, 1.82) is 0 Å². The minimum Gasteiger partial charge on any atom is -0.454 e. The number of aromatic nitrogens is 5. The first-order valence-corrected chi connectivity index (χ1v) is 21.1. The number of rotatable bonds is 8. The van der Waals surface area contributed by atoms with Crippen molar-refractivity contribution in [3.8, 4) is 45.5 Å². The van der Waals surface area contributed by atoms with Crippen molar-refractivity contribution < 1.29 is 4.42 Å². The monoisotopic (exact) mass is 785 g/mol. The van der Waals surface area contributed by atoms with E-state index in [0.717, 1.165) is 67.5 Å². The predicted octanol–water partition coefficient (Wildman–Crippen LogP) is 14.3. The normalized spacial score (nSPS) is 11.9. The van der Waals surface area contributed by atoms with Crippen LogP contribution in [-0.2, 0) is 6.42 Å². The van der Waals surface area contributed by atoms with E-state index < -0.39 is 0 Å². The van der Waals surface area contributed by atoms with Crippen molar-refractivity contribution in [3.05, 3.63) is 188 Å². The first-order chi connectivity index (χ1) is 30.2. The average Bonchev–Trinajstić information content (AvgIpc) is 3.98. The third-order valence-electron chi connectivity index (χ3n) is 12.1. The molecule has 0 radical (unpaired) electrons. The molecule has 8 aromatic carbocycles. The third kappa shape index (κ3) is 5.67. The van der Waals surface area contributed by atoms with E-state index in [1.165, 1.54) is 51.0 Å². The molecule has 0 bridgehead atoms. The summed E-state index contributed by atoms with van der Waals surface area (Å²) in [6.45, 7) is 2.26. The van der Waals surface area contributed by atoms with Crippen LogP contribution >= 0.6 is 0 Å². The molecule has 0 aliphatic heterocycles. The molecule has 12 rings (SSSR count). The van der Waals surface area contributed by atoms with Gasteiger partial charge in [-0.25, -0.2) is 15.0 Å². The Labute approximate surface area is 352 Å². The van der Waals surface area contributed by atoms with Crippen molar-refractivity contribution in [2.24, 2.45) is 0 Å². The van der Waals surface area contributed by atoms with Crippen LogP contribution in [0.5, 0.6) is 0 Å². The molecule has 6 nitrogen and oxygen atoms in total. The molecular weight excluding hydrogens is 747 g/mol. The number of benzene rings is 8. The van der Waals surface area contributed by atoms with Gasteiger partial charge in [-0.15, -0.1) is 0 Å². The van der Waals surface area contributed by atoms with Crippen molar-refractivity contribution in [1.82, 2.24) is 24.1 Å². The third-order valence-corrected chi connectivity index (χ3v) is 12.1. The summed E-state index contributed by atoms with van der Waals surface area (Å²) in [6.07, 6.45) is 3.42. The van der Waals surface area contributed by atoms with Gasteiger partial charge in [-0.05, 0) is 73.0 Å². The van der Waals surface area contributed by atoms with Gasteiger partial charge in [0.2, 0.25) is 0 Å². The molecule has 12 aromatic rings. The van der Waals surface area contributed by atoms with Crippen LogP contribution in [0.25, 0.3) is 111 Å². The molecular formula is C55H39N5O. The number of aryl methyl sites for hydroxylation is 1. The van der Waals surface area contributed by atoms with Crippen LogP contribution in [-0.4, -0.2) is 24.1 Å². The SMILES string of the molecule is CCCCc1ccc2c(c1)c1cc3c4ccccc4n(-c4cccc5c4oc4cccc(-c6nc(-c7ccccc7)nc(-c7ccccc7)n6)c45)c3cc1n2-c1ccccc1. The number of fused-ring (bicyclic) bond motifs is 9. The van der Waals surface area contributed by atoms with E-state index in [1.54, 1.807) is 0 Å². The molecule has 0 N–H and O–H groups in total. The van der Waals surface area contributed by atoms with Crippen molar-refractivity contribution in [2.45, 2.75) is 26.2 Å². The number of furan rings is 1. The zero-order chi connectivity index (χ0) is 40.4. The minimum atomic E-state index is 0.595. The van der Waals surface area contributed by atoms with E-state index in [-0.39, 0.29) is 0 Å². The Morgan fingerprint density at radius 1 is 0.459 bits per heavy atom. The molecule has 61 heavy (non-hydrogen) atoms. The molecule has 0 spiro atoms. The van der Waals surface area contributed by atoms with Crippen LogP contribution in [0.2, 0.25) is 0 Å². The van der Waals surface area contributed by atoms with Crippen LogP contribution in [0.4, 0.5) is 0 Å². The number of unbranched alkanes of at least 4 members (excludes halogenated alkanes) is 1. The molecule has 290 valence electrons. The second-order valence-corrected chi connectivity index (χ2v) is 15.8. The highest BCUT2D eigenvalue weighted by molar-refractivity contribution is 6.20. The maximum Gasteiger partial charge on any atom is 0.164 e. The van der Waals surface area contributed by atoms with E-state index in [1.807, 2.05) is 72.8 Å². The second kappa shape index (κ2) is 14.2. The largest absolute Gasteiger partial charge is 0.454 e. The van der Waals surface area contributed by atoms with E-state index in [4.69, 9.17) is 19.4 Å². The summed E-state index contributed by atoms with van der Waals surface area (Å²) < 4.78 is 11.8. The number of hydrogen-bond donors (Lipinski definition) is 0. The Hall–Kier alpha value is -7.83. The van der Waals surface area contributed by atoms with Gasteiger partial charge in [0.25, 0.3) is 0 Å². The van der Waals surface area contributed by atoms with Crippen LogP contribution in [0.3, 0.4) is 0 Å². The quantitative estimate of drug-likeness (QED) is 0.154. The summed E-state index contributed by atoms with van der Waals surface area (Å²) in [4.78, 5) is 15.2. The molecule has 4 aromatic heterocycles. The highest BCUT2D eigenvalue weighted by atomic mass is 16.3. The molecule has 0 fully saturated rings. The summed E-state index contributed by atoms with van der Waals surface area (Å²) in [7, 11) is 0. The Morgan fingerprint density at radius 3 is 1.82 bits per heavy atom. The van der Waals surface area contributed by atoms with Crippen LogP contribution in [0.1, 0.15) is 25.3 Å². The standard InChI is InChI=1S/C55H39N5O/c1-2-3-17-35-30-31-46-42(32-35)44-33-43-39-24-13-14-27-45(39)60(49(43)34-48(44)59(46)38-22-11-6-12-23-38)47-28-15-25-40-51-41(26-16-29-50(51)61-52(40)47)55-57-53(36-18-7-4-8-19-36)56-54(58-55)37-20-9-5-10-21-37/h4-16,18-34H,2-3,17H2,1H3. The van der Waals surface area contributed by atoms with Crippen LogP contribution < -0.4 is 0 Å². The van der Waals surface area contributed by atoms with Crippen molar-refractivity contribution in [2.75, 3.05) is 0 Å². The van der Waals surface area contributed by atoms with Gasteiger partial charge in [0.1, 0.15) is 5.58 Å². The van der Waals surface area contributed by atoms with Crippen molar-refractivity contribution in [3.63, 3.8) is 0 Å². The fraction of sp³-hybridized carbons (Fsp3) is 0.0727. The van der Waals surface area contributed by atoms with Gasteiger partial charge in [-0.1, -0.05) is 141 Å². The van der Waals surface area contributed by atoms with Gasteiger partial charge in [0, 0.05) is 54.7 Å². The lowest BCUT2D eigenvalue weighted by molar-refractivity contribution is 0.666. The van der Waals surface area contributed by atoms with Crippen LogP contribution in [0.15, 0.2) is 186 Å². The molecule has 0 saturated carbocycles. The zero-order valence-electron chi connectivity index (χ0n) is 33.6. The smallest absolute Gasteiger partial charge is 0.164 e. The average molecular weight is 786 g/mol. The second-order valence-electron chi connectivity index (χ2n) is 15.8. The highest BCUT2D eigenvalue weighted by Crippen LogP contribution is 2.43. The number of nitrogens with zero attached hydrogens (tertiary/aromatic N) is 5. The molecule has 0 aliphatic rings. The van der Waals surface area contributed by atoms with Gasteiger partial charge in [-0.3, -0.25) is 0 Å². The first kappa shape index (κ1) is 35.1. The zero-order valence-corrected chi connectivity index (χ0v) is 33.6. The summed E-state index contributed by atoms with van der Waals surface area (Å²) in [5, 5.41) is 6.90. The van der Waals surface area contributed by atoms with Gasteiger partial charge < -0.3 is 13.6 Å². The lowest BCUT2D eigenvalue weighted by atomic mass is 10.0. The Kier molecular flexibility index (Phi) is 8.17. The molecule has 4 heterocycles. The topological polar surface area (TPSA) is 61.7 Å². The maximum atomic E-state index is 6.97. The van der Waals surface area contributed by atoms with E-state index in [2.05, 4.69) is 125 Å². The molecule has 0 atom stereocenters. The summed E-state index contributed by atoms with van der Waals surface area (Å²) in [5.41, 5.74) is 12.4. The van der Waals surface area contributed by atoms with Gasteiger partial charge >= 0.3 is 0 Å².